The molecule has 1 heterocycles. The Labute approximate surface area is 128 Å². The standard InChI is InChI=1S/C15H19BrClNO/c1-15(2)6-5-14(19)18(8-7-15)10-11-3-4-12(16)9-13(11)17/h3-4,9H,5-8,10H2,1-2H3. The molecule has 104 valence electrons. The van der Waals surface area contributed by atoms with E-state index in [2.05, 4.69) is 29.8 Å². The Morgan fingerprint density at radius 3 is 2.79 bits per heavy atom. The minimum Gasteiger partial charge on any atom is -0.338 e. The Balaban J connectivity index is 2.11. The van der Waals surface area contributed by atoms with Crippen LogP contribution in [0.2, 0.25) is 5.02 Å². The zero-order valence-corrected chi connectivity index (χ0v) is 13.7. The summed E-state index contributed by atoms with van der Waals surface area (Å²) < 4.78 is 0.963. The van der Waals surface area contributed by atoms with Crippen molar-refractivity contribution in [3.8, 4) is 0 Å². The zero-order valence-electron chi connectivity index (χ0n) is 11.4. The van der Waals surface area contributed by atoms with Gasteiger partial charge >= 0.3 is 0 Å². The van der Waals surface area contributed by atoms with Crippen LogP contribution in [0, 0.1) is 5.41 Å². The number of rotatable bonds is 2. The topological polar surface area (TPSA) is 20.3 Å². The summed E-state index contributed by atoms with van der Waals surface area (Å²) in [5, 5.41) is 0.714. The molecule has 1 aromatic carbocycles. The van der Waals surface area contributed by atoms with Gasteiger partial charge in [-0.05, 0) is 36.0 Å². The van der Waals surface area contributed by atoms with Crippen LogP contribution in [-0.4, -0.2) is 17.4 Å². The molecule has 0 aliphatic carbocycles. The van der Waals surface area contributed by atoms with Crippen LogP contribution in [0.3, 0.4) is 0 Å². The van der Waals surface area contributed by atoms with Crippen LogP contribution in [-0.2, 0) is 11.3 Å². The van der Waals surface area contributed by atoms with Gasteiger partial charge in [-0.15, -0.1) is 0 Å². The van der Waals surface area contributed by atoms with E-state index in [1.54, 1.807) is 0 Å². The van der Waals surface area contributed by atoms with Crippen molar-refractivity contribution >= 4 is 33.4 Å². The number of carbonyl (C=O) groups excluding carboxylic acids is 1. The van der Waals surface area contributed by atoms with Crippen molar-refractivity contribution in [2.75, 3.05) is 6.54 Å². The van der Waals surface area contributed by atoms with Gasteiger partial charge in [0, 0.05) is 29.0 Å². The number of benzene rings is 1. The van der Waals surface area contributed by atoms with Gasteiger partial charge in [0.2, 0.25) is 5.91 Å². The predicted octanol–water partition coefficient (Wildman–Crippen LogP) is 4.64. The number of carbonyl (C=O) groups is 1. The molecule has 0 atom stereocenters. The Bertz CT molecular complexity index is 487. The third-order valence-corrected chi connectivity index (χ3v) is 4.65. The van der Waals surface area contributed by atoms with Crippen LogP contribution in [0.4, 0.5) is 0 Å². The van der Waals surface area contributed by atoms with E-state index in [9.17, 15) is 4.79 Å². The molecule has 1 aliphatic heterocycles. The highest BCUT2D eigenvalue weighted by atomic mass is 79.9. The quantitative estimate of drug-likeness (QED) is 0.765. The third kappa shape index (κ3) is 3.96. The first-order chi connectivity index (χ1) is 8.87. The molecule has 1 fully saturated rings. The highest BCUT2D eigenvalue weighted by Gasteiger charge is 2.27. The molecular weight excluding hydrogens is 326 g/mol. The number of nitrogens with zero attached hydrogens (tertiary/aromatic N) is 1. The van der Waals surface area contributed by atoms with E-state index in [0.717, 1.165) is 29.4 Å². The number of hydrogen-bond donors (Lipinski definition) is 0. The molecule has 0 saturated carbocycles. The average Bonchev–Trinajstić information content (AvgIpc) is 2.45. The third-order valence-electron chi connectivity index (χ3n) is 3.80. The Morgan fingerprint density at radius 1 is 1.37 bits per heavy atom. The van der Waals surface area contributed by atoms with Crippen molar-refractivity contribution in [1.29, 1.82) is 0 Å². The van der Waals surface area contributed by atoms with Crippen LogP contribution in [0.15, 0.2) is 22.7 Å². The molecule has 0 spiro atoms. The summed E-state index contributed by atoms with van der Waals surface area (Å²) in [6.45, 7) is 5.89. The summed E-state index contributed by atoms with van der Waals surface area (Å²) in [7, 11) is 0. The van der Waals surface area contributed by atoms with Gasteiger partial charge in [-0.25, -0.2) is 0 Å². The molecule has 1 amide bonds. The van der Waals surface area contributed by atoms with Gasteiger partial charge in [0.25, 0.3) is 0 Å². The van der Waals surface area contributed by atoms with Gasteiger partial charge in [0.15, 0.2) is 0 Å². The van der Waals surface area contributed by atoms with Crippen molar-refractivity contribution in [3.63, 3.8) is 0 Å². The summed E-state index contributed by atoms with van der Waals surface area (Å²) in [5.41, 5.74) is 1.27. The summed E-state index contributed by atoms with van der Waals surface area (Å²) in [5.74, 6) is 0.240. The van der Waals surface area contributed by atoms with Crippen molar-refractivity contribution in [2.24, 2.45) is 5.41 Å². The van der Waals surface area contributed by atoms with Crippen molar-refractivity contribution in [3.05, 3.63) is 33.3 Å². The van der Waals surface area contributed by atoms with Gasteiger partial charge in [0.05, 0.1) is 0 Å². The first kappa shape index (κ1) is 14.9. The second-order valence-electron chi connectivity index (χ2n) is 5.97. The van der Waals surface area contributed by atoms with E-state index in [1.807, 2.05) is 23.1 Å². The molecule has 1 saturated heterocycles. The van der Waals surface area contributed by atoms with Crippen LogP contribution in [0.5, 0.6) is 0 Å². The minimum atomic E-state index is 0.240. The Morgan fingerprint density at radius 2 is 2.11 bits per heavy atom. The monoisotopic (exact) mass is 343 g/mol. The van der Waals surface area contributed by atoms with E-state index >= 15 is 0 Å². The Hall–Kier alpha value is -0.540. The van der Waals surface area contributed by atoms with E-state index < -0.39 is 0 Å². The normalized spacial score (nSPS) is 19.4. The van der Waals surface area contributed by atoms with Gasteiger partial charge < -0.3 is 4.90 Å². The lowest BCUT2D eigenvalue weighted by atomic mass is 9.85. The summed E-state index contributed by atoms with van der Waals surface area (Å²) in [6, 6.07) is 5.83. The van der Waals surface area contributed by atoms with Crippen LogP contribution < -0.4 is 0 Å². The lowest BCUT2D eigenvalue weighted by molar-refractivity contribution is -0.131. The van der Waals surface area contributed by atoms with Gasteiger partial charge in [-0.2, -0.15) is 0 Å². The zero-order chi connectivity index (χ0) is 14.0. The van der Waals surface area contributed by atoms with Gasteiger partial charge in [0.1, 0.15) is 0 Å². The van der Waals surface area contributed by atoms with Crippen LogP contribution >= 0.6 is 27.5 Å². The molecule has 1 aliphatic rings. The number of amides is 1. The SMILES string of the molecule is CC1(C)CCC(=O)N(Cc2ccc(Br)cc2Cl)CC1. The summed E-state index contributed by atoms with van der Waals surface area (Å²) >= 11 is 9.62. The molecule has 4 heteroatoms. The fraction of sp³-hybridized carbons (Fsp3) is 0.533. The maximum atomic E-state index is 12.2. The molecular formula is C15H19BrClNO. The van der Waals surface area contributed by atoms with Crippen molar-refractivity contribution in [2.45, 2.75) is 39.7 Å². The molecule has 19 heavy (non-hydrogen) atoms. The molecule has 0 N–H and O–H groups in total. The van der Waals surface area contributed by atoms with Crippen molar-refractivity contribution in [1.82, 2.24) is 4.90 Å². The highest BCUT2D eigenvalue weighted by molar-refractivity contribution is 9.10. The summed E-state index contributed by atoms with van der Waals surface area (Å²) in [4.78, 5) is 14.1. The fourth-order valence-electron chi connectivity index (χ4n) is 2.31. The average molecular weight is 345 g/mol. The smallest absolute Gasteiger partial charge is 0.222 e. The lowest BCUT2D eigenvalue weighted by Crippen LogP contribution is -2.30. The largest absolute Gasteiger partial charge is 0.338 e. The van der Waals surface area contributed by atoms with Gasteiger partial charge in [-0.3, -0.25) is 4.79 Å². The number of hydrogen-bond acceptors (Lipinski definition) is 1. The van der Waals surface area contributed by atoms with E-state index in [0.29, 0.717) is 18.0 Å². The predicted molar refractivity (Wildman–Crippen MR) is 82.2 cm³/mol. The maximum absolute atomic E-state index is 12.2. The van der Waals surface area contributed by atoms with E-state index in [4.69, 9.17) is 11.6 Å². The maximum Gasteiger partial charge on any atom is 0.222 e. The van der Waals surface area contributed by atoms with Crippen molar-refractivity contribution < 1.29 is 4.79 Å². The molecule has 0 radical (unpaired) electrons. The van der Waals surface area contributed by atoms with Gasteiger partial charge in [-0.1, -0.05) is 47.4 Å². The lowest BCUT2D eigenvalue weighted by Gasteiger charge is -2.23. The van der Waals surface area contributed by atoms with E-state index in [1.165, 1.54) is 0 Å². The Kier molecular flexibility index (Phi) is 4.57. The summed E-state index contributed by atoms with van der Waals surface area (Å²) in [6.07, 6.45) is 2.66. The number of halogens is 2. The second kappa shape index (κ2) is 5.84. The highest BCUT2D eigenvalue weighted by Crippen LogP contribution is 2.31. The first-order valence-electron chi connectivity index (χ1n) is 6.59. The molecule has 0 aromatic heterocycles. The van der Waals surface area contributed by atoms with Crippen LogP contribution in [0.1, 0.15) is 38.7 Å². The molecule has 0 unspecified atom stereocenters. The molecule has 2 rings (SSSR count). The van der Waals surface area contributed by atoms with Crippen LogP contribution in [0.25, 0.3) is 0 Å². The fourth-order valence-corrected chi connectivity index (χ4v) is 3.05. The molecule has 1 aromatic rings. The molecule has 0 bridgehead atoms. The minimum absolute atomic E-state index is 0.240. The number of likely N-dealkylation sites (tertiary alicyclic amines) is 1. The second-order valence-corrected chi connectivity index (χ2v) is 7.29. The molecule has 2 nitrogen and oxygen atoms in total. The first-order valence-corrected chi connectivity index (χ1v) is 7.76. The van der Waals surface area contributed by atoms with E-state index in [-0.39, 0.29) is 11.3 Å².